The van der Waals surface area contributed by atoms with Crippen LogP contribution in [-0.2, 0) is 0 Å². The molecule has 0 nitrogen and oxygen atoms in total. The molecule has 0 heterocycles. The van der Waals surface area contributed by atoms with E-state index in [1.165, 1.54) is 51.4 Å². The summed E-state index contributed by atoms with van der Waals surface area (Å²) >= 11 is 0. The van der Waals surface area contributed by atoms with E-state index in [0.29, 0.717) is 10.8 Å². The van der Waals surface area contributed by atoms with Gasteiger partial charge in [0.05, 0.1) is 0 Å². The molecular formula is C25H46. The molecule has 0 saturated heterocycles. The Kier molecular flexibility index (Phi) is 5.69. The summed E-state index contributed by atoms with van der Waals surface area (Å²) < 4.78 is 0. The third kappa shape index (κ3) is 3.45. The standard InChI is InChI=1S/C25H46/c1-17(2)9-8-10-18(3)21-13-14-23-20-12-11-19(4)24(5,6)22(20)15-16-25(21,23)7/h17-23H,8-16H2,1-7H3. The lowest BCUT2D eigenvalue weighted by Crippen LogP contribution is -2.50. The zero-order valence-electron chi connectivity index (χ0n) is 18.4. The lowest BCUT2D eigenvalue weighted by atomic mass is 9.47. The van der Waals surface area contributed by atoms with Crippen molar-refractivity contribution in [3.8, 4) is 0 Å². The van der Waals surface area contributed by atoms with Gasteiger partial charge in [-0.2, -0.15) is 0 Å². The lowest BCUT2D eigenvalue weighted by Gasteiger charge is -2.58. The van der Waals surface area contributed by atoms with Crippen molar-refractivity contribution in [3.63, 3.8) is 0 Å². The first-order chi connectivity index (χ1) is 11.7. The smallest absolute Gasteiger partial charge is 0.0264 e. The Hall–Kier alpha value is 0. The Balaban J connectivity index is 1.70. The maximum Gasteiger partial charge on any atom is -0.0264 e. The highest BCUT2D eigenvalue weighted by Gasteiger charge is 2.58. The first-order valence-electron chi connectivity index (χ1n) is 11.7. The summed E-state index contributed by atoms with van der Waals surface area (Å²) in [5, 5.41) is 0. The highest BCUT2D eigenvalue weighted by atomic mass is 14.6. The van der Waals surface area contributed by atoms with Crippen LogP contribution in [0, 0.1) is 52.3 Å². The van der Waals surface area contributed by atoms with Crippen molar-refractivity contribution in [2.45, 2.75) is 106 Å². The molecule has 3 saturated carbocycles. The molecule has 0 radical (unpaired) electrons. The minimum atomic E-state index is 0.575. The van der Waals surface area contributed by atoms with Crippen molar-refractivity contribution in [2.75, 3.05) is 0 Å². The molecule has 3 aliphatic carbocycles. The zero-order valence-corrected chi connectivity index (χ0v) is 18.4. The minimum absolute atomic E-state index is 0.575. The van der Waals surface area contributed by atoms with E-state index in [1.807, 2.05) is 0 Å². The van der Waals surface area contributed by atoms with Gasteiger partial charge in [-0.25, -0.2) is 0 Å². The second-order valence-electron chi connectivity index (χ2n) is 11.7. The monoisotopic (exact) mass is 346 g/mol. The van der Waals surface area contributed by atoms with Gasteiger partial charge in [-0.1, -0.05) is 67.7 Å². The SMILES string of the molecule is CC(C)CCCC(C)C1CCC2C3CCC(C)C(C)(C)C3CCC12C. The van der Waals surface area contributed by atoms with Crippen LogP contribution >= 0.6 is 0 Å². The van der Waals surface area contributed by atoms with Crippen LogP contribution in [0.2, 0.25) is 0 Å². The summed E-state index contributed by atoms with van der Waals surface area (Å²) in [4.78, 5) is 0. The van der Waals surface area contributed by atoms with Gasteiger partial charge in [0.2, 0.25) is 0 Å². The predicted molar refractivity (Wildman–Crippen MR) is 111 cm³/mol. The van der Waals surface area contributed by atoms with Crippen molar-refractivity contribution >= 4 is 0 Å². The zero-order chi connectivity index (χ0) is 18.4. The van der Waals surface area contributed by atoms with E-state index in [4.69, 9.17) is 0 Å². The molecule has 0 amide bonds. The van der Waals surface area contributed by atoms with Gasteiger partial charge in [0.15, 0.2) is 0 Å². The van der Waals surface area contributed by atoms with Crippen LogP contribution in [0.1, 0.15) is 106 Å². The normalized spacial score (nSPS) is 44.4. The first-order valence-corrected chi connectivity index (χ1v) is 11.7. The van der Waals surface area contributed by atoms with Crippen molar-refractivity contribution in [1.29, 1.82) is 0 Å². The van der Waals surface area contributed by atoms with Crippen molar-refractivity contribution in [3.05, 3.63) is 0 Å². The summed E-state index contributed by atoms with van der Waals surface area (Å²) in [5.41, 5.74) is 1.24. The Labute approximate surface area is 158 Å². The molecule has 7 atom stereocenters. The summed E-state index contributed by atoms with van der Waals surface area (Å²) in [6.07, 6.45) is 13.5. The van der Waals surface area contributed by atoms with Gasteiger partial charge >= 0.3 is 0 Å². The lowest BCUT2D eigenvalue weighted by molar-refractivity contribution is -0.0891. The Morgan fingerprint density at radius 2 is 1.56 bits per heavy atom. The highest BCUT2D eigenvalue weighted by Crippen LogP contribution is 2.66. The summed E-state index contributed by atoms with van der Waals surface area (Å²) in [7, 11) is 0. The molecule has 3 rings (SSSR count). The van der Waals surface area contributed by atoms with Gasteiger partial charge in [0.1, 0.15) is 0 Å². The molecule has 146 valence electrons. The molecule has 0 spiro atoms. The summed E-state index contributed by atoms with van der Waals surface area (Å²) in [6.45, 7) is 17.8. The van der Waals surface area contributed by atoms with Gasteiger partial charge in [-0.05, 0) is 90.8 Å². The average molecular weight is 347 g/mol. The first kappa shape index (κ1) is 19.8. The quantitative estimate of drug-likeness (QED) is 0.473. The molecule has 0 aromatic rings. The molecule has 7 unspecified atom stereocenters. The topological polar surface area (TPSA) is 0 Å². The molecule has 0 aromatic carbocycles. The highest BCUT2D eigenvalue weighted by molar-refractivity contribution is 5.07. The predicted octanol–water partition coefficient (Wildman–Crippen LogP) is 7.96. The fourth-order valence-electron chi connectivity index (χ4n) is 7.82. The summed E-state index contributed by atoms with van der Waals surface area (Å²) in [6, 6.07) is 0. The van der Waals surface area contributed by atoms with Crippen molar-refractivity contribution < 1.29 is 0 Å². The Morgan fingerprint density at radius 1 is 0.840 bits per heavy atom. The van der Waals surface area contributed by atoms with E-state index >= 15 is 0 Å². The van der Waals surface area contributed by atoms with E-state index in [1.54, 1.807) is 6.42 Å². The number of rotatable bonds is 5. The van der Waals surface area contributed by atoms with Crippen LogP contribution in [0.4, 0.5) is 0 Å². The van der Waals surface area contributed by atoms with E-state index in [9.17, 15) is 0 Å². The Morgan fingerprint density at radius 3 is 2.24 bits per heavy atom. The number of fused-ring (bicyclic) bond motifs is 3. The molecule has 0 aliphatic heterocycles. The molecule has 3 aliphatic rings. The second kappa shape index (κ2) is 7.20. The number of hydrogen-bond donors (Lipinski definition) is 0. The molecule has 0 aromatic heterocycles. The van der Waals surface area contributed by atoms with Crippen molar-refractivity contribution in [2.24, 2.45) is 52.3 Å². The van der Waals surface area contributed by atoms with Crippen LogP contribution in [-0.4, -0.2) is 0 Å². The largest absolute Gasteiger partial charge is 0.0628 e. The van der Waals surface area contributed by atoms with Gasteiger partial charge in [0.25, 0.3) is 0 Å². The van der Waals surface area contributed by atoms with Crippen LogP contribution < -0.4 is 0 Å². The van der Waals surface area contributed by atoms with E-state index in [0.717, 1.165) is 41.4 Å². The van der Waals surface area contributed by atoms with Gasteiger partial charge < -0.3 is 0 Å². The maximum absolute atomic E-state index is 2.72. The van der Waals surface area contributed by atoms with Crippen LogP contribution in [0.15, 0.2) is 0 Å². The third-order valence-corrected chi connectivity index (χ3v) is 9.80. The van der Waals surface area contributed by atoms with Gasteiger partial charge in [-0.15, -0.1) is 0 Å². The molecular weight excluding hydrogens is 300 g/mol. The summed E-state index contributed by atoms with van der Waals surface area (Å²) in [5.74, 6) is 6.83. The van der Waals surface area contributed by atoms with Crippen LogP contribution in [0.3, 0.4) is 0 Å². The second-order valence-corrected chi connectivity index (χ2v) is 11.7. The molecule has 0 N–H and O–H groups in total. The minimum Gasteiger partial charge on any atom is -0.0628 e. The van der Waals surface area contributed by atoms with Crippen LogP contribution in [0.5, 0.6) is 0 Å². The number of hydrogen-bond acceptors (Lipinski definition) is 0. The molecule has 0 bridgehead atoms. The fourth-order valence-corrected chi connectivity index (χ4v) is 7.82. The molecule has 0 heteroatoms. The molecule has 3 fully saturated rings. The van der Waals surface area contributed by atoms with Crippen LogP contribution in [0.25, 0.3) is 0 Å². The fraction of sp³-hybridized carbons (Fsp3) is 1.00. The van der Waals surface area contributed by atoms with E-state index < -0.39 is 0 Å². The maximum atomic E-state index is 2.72. The van der Waals surface area contributed by atoms with E-state index in [2.05, 4.69) is 48.5 Å². The van der Waals surface area contributed by atoms with Gasteiger partial charge in [-0.3, -0.25) is 0 Å². The average Bonchev–Trinajstić information content (AvgIpc) is 2.88. The Bertz CT molecular complexity index is 447. The van der Waals surface area contributed by atoms with E-state index in [-0.39, 0.29) is 0 Å². The van der Waals surface area contributed by atoms with Crippen molar-refractivity contribution in [1.82, 2.24) is 0 Å². The van der Waals surface area contributed by atoms with Gasteiger partial charge in [0, 0.05) is 0 Å². The molecule has 25 heavy (non-hydrogen) atoms. The third-order valence-electron chi connectivity index (χ3n) is 9.80.